The van der Waals surface area contributed by atoms with E-state index in [9.17, 15) is 14.4 Å². The van der Waals surface area contributed by atoms with Crippen LogP contribution in [0, 0.1) is 11.3 Å². The van der Waals surface area contributed by atoms with Crippen LogP contribution in [0.1, 0.15) is 28.4 Å². The maximum absolute atomic E-state index is 11.9. The number of carbonyl (C=O) groups excluding carboxylic acids is 3. The Morgan fingerprint density at radius 1 is 1.04 bits per heavy atom. The van der Waals surface area contributed by atoms with E-state index in [-0.39, 0.29) is 0 Å². The molecule has 2 N–H and O–H groups in total. The van der Waals surface area contributed by atoms with Crippen LogP contribution in [0.5, 0.6) is 0 Å². The first-order valence-corrected chi connectivity index (χ1v) is 8.03. The number of nitriles is 1. The monoisotopic (exact) mass is 363 g/mol. The van der Waals surface area contributed by atoms with Gasteiger partial charge in [0.05, 0.1) is 11.6 Å². The van der Waals surface area contributed by atoms with Crippen molar-refractivity contribution in [3.63, 3.8) is 0 Å². The van der Waals surface area contributed by atoms with Gasteiger partial charge in [0.2, 0.25) is 0 Å². The van der Waals surface area contributed by atoms with Gasteiger partial charge in [-0.2, -0.15) is 5.26 Å². The highest BCUT2D eigenvalue weighted by molar-refractivity contribution is 5.96. The Bertz CT molecular complexity index is 884. The summed E-state index contributed by atoms with van der Waals surface area (Å²) in [6.45, 7) is 1.39. The minimum atomic E-state index is -1.10. The van der Waals surface area contributed by atoms with Crippen LogP contribution in [-0.4, -0.2) is 23.9 Å². The third-order valence-corrected chi connectivity index (χ3v) is 3.45. The summed E-state index contributed by atoms with van der Waals surface area (Å²) in [6, 6.07) is 16.9. The second-order valence-electron chi connectivity index (χ2n) is 5.46. The minimum Gasteiger partial charge on any atom is -0.449 e. The summed E-state index contributed by atoms with van der Waals surface area (Å²) in [5.74, 6) is -1.86. The Morgan fingerprint density at radius 2 is 1.70 bits per heavy atom. The van der Waals surface area contributed by atoms with Crippen molar-refractivity contribution in [1.82, 2.24) is 10.9 Å². The highest BCUT2D eigenvalue weighted by Gasteiger charge is 2.17. The third kappa shape index (κ3) is 6.14. The summed E-state index contributed by atoms with van der Waals surface area (Å²) in [5, 5.41) is 8.73. The molecule has 0 spiro atoms. The molecule has 0 unspecified atom stereocenters. The predicted molar refractivity (Wildman–Crippen MR) is 97.8 cm³/mol. The first-order chi connectivity index (χ1) is 13.0. The van der Waals surface area contributed by atoms with E-state index in [1.807, 2.05) is 6.07 Å². The first kappa shape index (κ1) is 19.4. The van der Waals surface area contributed by atoms with Gasteiger partial charge in [-0.25, -0.2) is 4.79 Å². The fraction of sp³-hybridized carbons (Fsp3) is 0.100. The topological polar surface area (TPSA) is 108 Å². The molecule has 2 amide bonds. The molecule has 2 aromatic carbocycles. The summed E-state index contributed by atoms with van der Waals surface area (Å²) in [5.41, 5.74) is 6.05. The second kappa shape index (κ2) is 9.53. The van der Waals surface area contributed by atoms with Gasteiger partial charge < -0.3 is 4.74 Å². The van der Waals surface area contributed by atoms with Gasteiger partial charge in [0.15, 0.2) is 6.10 Å². The fourth-order valence-electron chi connectivity index (χ4n) is 1.98. The van der Waals surface area contributed by atoms with Crippen LogP contribution >= 0.6 is 0 Å². The lowest BCUT2D eigenvalue weighted by Crippen LogP contribution is -2.46. The lowest BCUT2D eigenvalue weighted by atomic mass is 10.1. The molecular weight excluding hydrogens is 346 g/mol. The van der Waals surface area contributed by atoms with E-state index in [1.165, 1.54) is 19.1 Å². The van der Waals surface area contributed by atoms with E-state index in [1.54, 1.807) is 54.6 Å². The molecule has 1 atom stereocenters. The van der Waals surface area contributed by atoms with Gasteiger partial charge in [-0.1, -0.05) is 30.3 Å². The Balaban J connectivity index is 1.80. The van der Waals surface area contributed by atoms with Gasteiger partial charge >= 0.3 is 5.97 Å². The van der Waals surface area contributed by atoms with E-state index >= 15 is 0 Å². The van der Waals surface area contributed by atoms with Crippen molar-refractivity contribution < 1.29 is 19.1 Å². The average molecular weight is 363 g/mol. The maximum Gasteiger partial charge on any atom is 0.331 e. The van der Waals surface area contributed by atoms with Crippen molar-refractivity contribution in [1.29, 1.82) is 5.26 Å². The van der Waals surface area contributed by atoms with E-state index in [4.69, 9.17) is 10.00 Å². The normalized spacial score (nSPS) is 11.3. The number of esters is 1. The molecule has 2 aromatic rings. The summed E-state index contributed by atoms with van der Waals surface area (Å²) < 4.78 is 4.98. The molecule has 27 heavy (non-hydrogen) atoms. The molecule has 0 fully saturated rings. The molecule has 0 saturated heterocycles. The zero-order valence-electron chi connectivity index (χ0n) is 14.5. The Morgan fingerprint density at radius 3 is 2.33 bits per heavy atom. The lowest BCUT2D eigenvalue weighted by molar-refractivity contribution is -0.150. The second-order valence-corrected chi connectivity index (χ2v) is 5.46. The highest BCUT2D eigenvalue weighted by atomic mass is 16.5. The average Bonchev–Trinajstić information content (AvgIpc) is 2.71. The summed E-state index contributed by atoms with van der Waals surface area (Å²) >= 11 is 0. The molecule has 7 heteroatoms. The van der Waals surface area contributed by atoms with Crippen molar-refractivity contribution in [2.24, 2.45) is 0 Å². The number of hydrogen-bond donors (Lipinski definition) is 2. The van der Waals surface area contributed by atoms with E-state index in [2.05, 4.69) is 10.9 Å². The Hall–Kier alpha value is -3.92. The zero-order valence-corrected chi connectivity index (χ0v) is 14.5. The number of hydrazine groups is 1. The zero-order chi connectivity index (χ0) is 19.6. The van der Waals surface area contributed by atoms with Crippen molar-refractivity contribution in [2.45, 2.75) is 13.0 Å². The van der Waals surface area contributed by atoms with Gasteiger partial charge in [-0.3, -0.25) is 20.4 Å². The Labute approximate surface area is 156 Å². The molecule has 136 valence electrons. The maximum atomic E-state index is 11.9. The van der Waals surface area contributed by atoms with Crippen LogP contribution in [0.25, 0.3) is 6.08 Å². The van der Waals surface area contributed by atoms with Crippen LogP contribution in [0.3, 0.4) is 0 Å². The molecule has 2 rings (SSSR count). The number of amides is 2. The molecule has 0 aliphatic rings. The number of nitrogens with zero attached hydrogens (tertiary/aromatic N) is 1. The molecular formula is C20H17N3O4. The van der Waals surface area contributed by atoms with Gasteiger partial charge in [0.25, 0.3) is 11.8 Å². The molecule has 0 bridgehead atoms. The standard InChI is InChI=1S/C20H17N3O4/c1-14(19(25)22-23-20(26)17-5-3-2-4-6-17)27-18(24)12-11-15-7-9-16(13-21)10-8-15/h2-12,14H,1H3,(H,22,25)(H,23,26)/b12-11+/t14-/m1/s1. The summed E-state index contributed by atoms with van der Waals surface area (Å²) in [6.07, 6.45) is 1.58. The largest absolute Gasteiger partial charge is 0.449 e. The molecule has 0 aliphatic heterocycles. The number of carbonyl (C=O) groups is 3. The van der Waals surface area contributed by atoms with Crippen LogP contribution in [-0.2, 0) is 14.3 Å². The SMILES string of the molecule is C[C@@H](OC(=O)/C=C/c1ccc(C#N)cc1)C(=O)NNC(=O)c1ccccc1. The lowest BCUT2D eigenvalue weighted by Gasteiger charge is -2.13. The molecule has 0 aromatic heterocycles. The first-order valence-electron chi connectivity index (χ1n) is 8.03. The number of ether oxygens (including phenoxy) is 1. The minimum absolute atomic E-state index is 0.382. The van der Waals surface area contributed by atoms with Gasteiger partial charge in [-0.05, 0) is 42.8 Å². The molecule has 7 nitrogen and oxygen atoms in total. The van der Waals surface area contributed by atoms with Crippen LogP contribution in [0.4, 0.5) is 0 Å². The summed E-state index contributed by atoms with van der Waals surface area (Å²) in [4.78, 5) is 35.5. The van der Waals surface area contributed by atoms with Crippen molar-refractivity contribution in [3.05, 3.63) is 77.4 Å². The van der Waals surface area contributed by atoms with E-state index in [0.29, 0.717) is 16.7 Å². The number of rotatable bonds is 5. The number of benzene rings is 2. The van der Waals surface area contributed by atoms with Gasteiger partial charge in [0, 0.05) is 11.6 Å². The molecule has 0 heterocycles. The number of nitrogens with one attached hydrogen (secondary N) is 2. The van der Waals surface area contributed by atoms with Crippen molar-refractivity contribution >= 4 is 23.9 Å². The third-order valence-electron chi connectivity index (χ3n) is 3.45. The van der Waals surface area contributed by atoms with Crippen molar-refractivity contribution in [2.75, 3.05) is 0 Å². The summed E-state index contributed by atoms with van der Waals surface area (Å²) in [7, 11) is 0. The Kier molecular flexibility index (Phi) is 6.85. The van der Waals surface area contributed by atoms with Gasteiger partial charge in [0.1, 0.15) is 0 Å². The fourth-order valence-corrected chi connectivity index (χ4v) is 1.98. The predicted octanol–water partition coefficient (Wildman–Crippen LogP) is 1.96. The smallest absolute Gasteiger partial charge is 0.331 e. The quantitative estimate of drug-likeness (QED) is 0.480. The van der Waals surface area contributed by atoms with Crippen LogP contribution in [0.2, 0.25) is 0 Å². The molecule has 0 radical (unpaired) electrons. The van der Waals surface area contributed by atoms with E-state index in [0.717, 1.165) is 0 Å². The van der Waals surface area contributed by atoms with Crippen LogP contribution < -0.4 is 10.9 Å². The van der Waals surface area contributed by atoms with Gasteiger partial charge in [-0.15, -0.1) is 0 Å². The van der Waals surface area contributed by atoms with Crippen molar-refractivity contribution in [3.8, 4) is 6.07 Å². The molecule has 0 saturated carbocycles. The number of hydrogen-bond acceptors (Lipinski definition) is 5. The van der Waals surface area contributed by atoms with Crippen LogP contribution in [0.15, 0.2) is 60.7 Å². The van der Waals surface area contributed by atoms with E-state index < -0.39 is 23.9 Å². The molecule has 0 aliphatic carbocycles. The highest BCUT2D eigenvalue weighted by Crippen LogP contribution is 2.06.